The Hall–Kier alpha value is -0.200. The van der Waals surface area contributed by atoms with E-state index in [4.69, 9.17) is 19.9 Å². The van der Waals surface area contributed by atoms with Crippen molar-refractivity contribution in [3.05, 3.63) is 0 Å². The summed E-state index contributed by atoms with van der Waals surface area (Å²) in [7, 11) is 2.01. The second-order valence-electron chi connectivity index (χ2n) is 12.7. The molecule has 5 heteroatoms. The van der Waals surface area contributed by atoms with Crippen LogP contribution in [0.1, 0.15) is 96.4 Å². The molecule has 0 rings (SSSR count). The Labute approximate surface area is 200 Å². The Bertz CT molecular complexity index is 529. The molecular weight excluding hydrogens is 400 g/mol. The molecule has 0 fully saturated rings. The summed E-state index contributed by atoms with van der Waals surface area (Å²) in [6.45, 7) is 30.5. The summed E-state index contributed by atoms with van der Waals surface area (Å²) in [4.78, 5) is 0. The van der Waals surface area contributed by atoms with Gasteiger partial charge in [-0.25, -0.2) is 0 Å². The van der Waals surface area contributed by atoms with Crippen LogP contribution in [0.4, 0.5) is 0 Å². The topological polar surface area (TPSA) is 65.7 Å². The highest BCUT2D eigenvalue weighted by Crippen LogP contribution is 2.36. The Morgan fingerprint density at radius 2 is 1.34 bits per heavy atom. The average Bonchev–Trinajstić information content (AvgIpc) is 2.66. The van der Waals surface area contributed by atoms with E-state index in [-0.39, 0.29) is 34.3 Å². The van der Waals surface area contributed by atoms with Crippen molar-refractivity contribution in [2.24, 2.45) is 28.9 Å². The van der Waals surface area contributed by atoms with Crippen molar-refractivity contribution in [1.29, 1.82) is 0 Å². The van der Waals surface area contributed by atoms with Crippen LogP contribution in [0.25, 0.3) is 0 Å². The minimum absolute atomic E-state index is 0.0373. The van der Waals surface area contributed by atoms with E-state index in [1.807, 2.05) is 14.0 Å². The SMILES string of the molecule is CNC(C)(C)C(C)COC(C)(C)C(C)(C)COC(C)C(C)C(C)COC(C)(C)CC(C)N. The predicted octanol–water partition coefficient (Wildman–Crippen LogP) is 5.65. The van der Waals surface area contributed by atoms with Crippen molar-refractivity contribution >= 4 is 0 Å². The third kappa shape index (κ3) is 10.4. The first-order valence-electron chi connectivity index (χ1n) is 12.6. The van der Waals surface area contributed by atoms with E-state index in [1.54, 1.807) is 0 Å². The fourth-order valence-electron chi connectivity index (χ4n) is 3.45. The third-order valence-corrected chi connectivity index (χ3v) is 8.10. The van der Waals surface area contributed by atoms with Gasteiger partial charge in [-0.1, -0.05) is 34.6 Å². The molecule has 32 heavy (non-hydrogen) atoms. The maximum absolute atomic E-state index is 6.44. The molecule has 0 saturated heterocycles. The minimum atomic E-state index is -0.300. The van der Waals surface area contributed by atoms with E-state index in [0.717, 1.165) is 6.42 Å². The Balaban J connectivity index is 4.77. The van der Waals surface area contributed by atoms with Gasteiger partial charge in [-0.15, -0.1) is 0 Å². The first kappa shape index (κ1) is 31.8. The maximum atomic E-state index is 6.44. The van der Waals surface area contributed by atoms with Crippen LogP contribution in [0.5, 0.6) is 0 Å². The summed E-state index contributed by atoms with van der Waals surface area (Å²) in [6.07, 6.45) is 0.996. The third-order valence-electron chi connectivity index (χ3n) is 8.10. The first-order valence-corrected chi connectivity index (χ1v) is 12.6. The van der Waals surface area contributed by atoms with Gasteiger partial charge < -0.3 is 25.3 Å². The lowest BCUT2D eigenvalue weighted by Gasteiger charge is -2.44. The fourth-order valence-corrected chi connectivity index (χ4v) is 3.45. The van der Waals surface area contributed by atoms with Gasteiger partial charge >= 0.3 is 0 Å². The van der Waals surface area contributed by atoms with Crippen LogP contribution in [0, 0.1) is 23.2 Å². The maximum Gasteiger partial charge on any atom is 0.0699 e. The van der Waals surface area contributed by atoms with Crippen LogP contribution in [0.2, 0.25) is 0 Å². The molecule has 0 aromatic rings. The molecule has 0 aliphatic heterocycles. The van der Waals surface area contributed by atoms with E-state index < -0.39 is 0 Å². The molecule has 0 amide bonds. The largest absolute Gasteiger partial charge is 0.378 e. The average molecular weight is 459 g/mol. The van der Waals surface area contributed by atoms with Crippen LogP contribution in [0.3, 0.4) is 0 Å². The zero-order valence-electron chi connectivity index (χ0n) is 24.0. The van der Waals surface area contributed by atoms with Gasteiger partial charge in [0.25, 0.3) is 0 Å². The molecule has 0 saturated carbocycles. The van der Waals surface area contributed by atoms with Gasteiger partial charge in [0.1, 0.15) is 0 Å². The van der Waals surface area contributed by atoms with Gasteiger partial charge in [0.2, 0.25) is 0 Å². The van der Waals surface area contributed by atoms with Gasteiger partial charge in [-0.2, -0.15) is 0 Å². The monoisotopic (exact) mass is 458 g/mol. The second kappa shape index (κ2) is 12.5. The summed E-state index contributed by atoms with van der Waals surface area (Å²) in [5.74, 6) is 1.18. The summed E-state index contributed by atoms with van der Waals surface area (Å²) >= 11 is 0. The predicted molar refractivity (Wildman–Crippen MR) is 138 cm³/mol. The number of hydrogen-bond donors (Lipinski definition) is 2. The van der Waals surface area contributed by atoms with E-state index in [2.05, 4.69) is 88.4 Å². The van der Waals surface area contributed by atoms with Crippen molar-refractivity contribution in [2.45, 2.75) is 125 Å². The van der Waals surface area contributed by atoms with Gasteiger partial charge in [0.15, 0.2) is 0 Å². The van der Waals surface area contributed by atoms with Crippen LogP contribution in [0.15, 0.2) is 0 Å². The molecule has 0 aliphatic carbocycles. The van der Waals surface area contributed by atoms with Crippen LogP contribution in [-0.4, -0.2) is 55.8 Å². The quantitative estimate of drug-likeness (QED) is 0.313. The lowest BCUT2D eigenvalue weighted by molar-refractivity contribution is -0.149. The molecule has 0 aromatic carbocycles. The van der Waals surface area contributed by atoms with E-state index >= 15 is 0 Å². The molecule has 3 N–H and O–H groups in total. The Morgan fingerprint density at radius 3 is 1.81 bits per heavy atom. The molecule has 5 nitrogen and oxygen atoms in total. The number of hydrogen-bond acceptors (Lipinski definition) is 5. The highest BCUT2D eigenvalue weighted by atomic mass is 16.5. The lowest BCUT2D eigenvalue weighted by Crippen LogP contribution is -2.49. The van der Waals surface area contributed by atoms with Crippen LogP contribution < -0.4 is 11.1 Å². The van der Waals surface area contributed by atoms with Gasteiger partial charge in [-0.3, -0.25) is 0 Å². The van der Waals surface area contributed by atoms with Gasteiger partial charge in [0.05, 0.1) is 37.1 Å². The lowest BCUT2D eigenvalue weighted by atomic mass is 9.77. The molecule has 0 aliphatic rings. The summed E-state index contributed by atoms with van der Waals surface area (Å²) in [6, 6.07) is 0.139. The van der Waals surface area contributed by atoms with E-state index in [1.165, 1.54) is 0 Å². The van der Waals surface area contributed by atoms with Crippen molar-refractivity contribution in [1.82, 2.24) is 5.32 Å². The highest BCUT2D eigenvalue weighted by Gasteiger charge is 2.40. The van der Waals surface area contributed by atoms with E-state index in [0.29, 0.717) is 37.6 Å². The summed E-state index contributed by atoms with van der Waals surface area (Å²) < 4.78 is 19.0. The normalized spacial score (nSPS) is 18.8. The molecule has 194 valence electrons. The zero-order chi connectivity index (χ0) is 25.5. The van der Waals surface area contributed by atoms with Gasteiger partial charge in [-0.05, 0) is 86.6 Å². The molecule has 0 bridgehead atoms. The van der Waals surface area contributed by atoms with Crippen LogP contribution in [-0.2, 0) is 14.2 Å². The van der Waals surface area contributed by atoms with Crippen molar-refractivity contribution in [3.8, 4) is 0 Å². The number of rotatable bonds is 16. The fraction of sp³-hybridized carbons (Fsp3) is 1.00. The summed E-state index contributed by atoms with van der Waals surface area (Å²) in [5.41, 5.74) is 5.38. The zero-order valence-corrected chi connectivity index (χ0v) is 24.0. The molecule has 5 unspecified atom stereocenters. The van der Waals surface area contributed by atoms with Gasteiger partial charge in [0, 0.05) is 17.0 Å². The van der Waals surface area contributed by atoms with Crippen LogP contribution >= 0.6 is 0 Å². The Morgan fingerprint density at radius 1 is 0.812 bits per heavy atom. The van der Waals surface area contributed by atoms with Crippen molar-refractivity contribution < 1.29 is 14.2 Å². The molecule has 5 atom stereocenters. The number of nitrogens with two attached hydrogens (primary N) is 1. The molecular formula is C27H58N2O3. The molecule has 0 spiro atoms. The molecule has 0 heterocycles. The molecule has 0 radical (unpaired) electrons. The number of nitrogens with one attached hydrogen (secondary N) is 1. The number of ether oxygens (including phenoxy) is 3. The summed E-state index contributed by atoms with van der Waals surface area (Å²) in [5, 5.41) is 3.39. The Kier molecular flexibility index (Phi) is 12.4. The highest BCUT2D eigenvalue weighted by molar-refractivity contribution is 4.90. The van der Waals surface area contributed by atoms with E-state index in [9.17, 15) is 0 Å². The van der Waals surface area contributed by atoms with Crippen molar-refractivity contribution in [3.63, 3.8) is 0 Å². The molecule has 0 aromatic heterocycles. The first-order chi connectivity index (χ1) is 14.3. The van der Waals surface area contributed by atoms with Crippen molar-refractivity contribution in [2.75, 3.05) is 26.9 Å². The minimum Gasteiger partial charge on any atom is -0.378 e. The second-order valence-corrected chi connectivity index (χ2v) is 12.7. The smallest absolute Gasteiger partial charge is 0.0699 e. The standard InChI is InChI=1S/C27H58N2O3/c1-19(16-31-25(8,9)15-21(3)28)22(4)23(5)30-18-24(6,7)27(12,13)32-17-20(2)26(10,11)29-14/h19-23,29H,15-18,28H2,1-14H3.